The topological polar surface area (TPSA) is 35.2 Å². The molecule has 2 fully saturated rings. The fraction of sp³-hybridized carbons (Fsp3) is 0.571. The van der Waals surface area contributed by atoms with Crippen LogP contribution in [0, 0.1) is 5.41 Å². The molecule has 0 amide bonds. The molecule has 3 rings (SSSR count). The van der Waals surface area contributed by atoms with Gasteiger partial charge in [0.05, 0.1) is 15.1 Å². The molecule has 0 aliphatic heterocycles. The minimum atomic E-state index is 0.148. The van der Waals surface area contributed by atoms with Crippen molar-refractivity contribution in [3.8, 4) is 5.75 Å². The summed E-state index contributed by atoms with van der Waals surface area (Å²) >= 11 is 18.1. The molecule has 1 aromatic carbocycles. The van der Waals surface area contributed by atoms with E-state index < -0.39 is 0 Å². The van der Waals surface area contributed by atoms with Crippen molar-refractivity contribution in [1.82, 2.24) is 0 Å². The van der Waals surface area contributed by atoms with Gasteiger partial charge in [0.15, 0.2) is 0 Å². The molecular weight excluding hydrogens is 305 g/mol. The van der Waals surface area contributed by atoms with Gasteiger partial charge in [-0.2, -0.15) is 0 Å². The van der Waals surface area contributed by atoms with Gasteiger partial charge in [-0.05, 0) is 18.9 Å². The maximum atomic E-state index is 6.19. The van der Waals surface area contributed by atoms with Crippen LogP contribution >= 0.6 is 34.8 Å². The lowest BCUT2D eigenvalue weighted by Crippen LogP contribution is -2.62. The lowest BCUT2D eigenvalue weighted by Gasteiger charge is -2.52. The quantitative estimate of drug-likeness (QED) is 0.803. The molecule has 2 N–H and O–H groups in total. The highest BCUT2D eigenvalue weighted by molar-refractivity contribution is 6.43. The molecular formula is C14H16Cl3NO. The van der Waals surface area contributed by atoms with Gasteiger partial charge in [0, 0.05) is 23.9 Å². The number of hydrogen-bond donors (Lipinski definition) is 1. The lowest BCUT2D eigenvalue weighted by molar-refractivity contribution is -0.0619. The molecule has 2 nitrogen and oxygen atoms in total. The van der Waals surface area contributed by atoms with Gasteiger partial charge in [0.1, 0.15) is 11.9 Å². The van der Waals surface area contributed by atoms with E-state index in [4.69, 9.17) is 45.3 Å². The summed E-state index contributed by atoms with van der Waals surface area (Å²) in [5.41, 5.74) is 6.34. The molecule has 2 aliphatic carbocycles. The zero-order valence-electron chi connectivity index (χ0n) is 10.5. The highest BCUT2D eigenvalue weighted by atomic mass is 35.5. The molecule has 0 radical (unpaired) electrons. The van der Waals surface area contributed by atoms with Gasteiger partial charge in [-0.25, -0.2) is 0 Å². The first-order valence-corrected chi connectivity index (χ1v) is 7.73. The van der Waals surface area contributed by atoms with E-state index in [-0.39, 0.29) is 17.6 Å². The highest BCUT2D eigenvalue weighted by Gasteiger charge is 2.56. The fourth-order valence-electron chi connectivity index (χ4n) is 3.42. The minimum Gasteiger partial charge on any atom is -0.488 e. The van der Waals surface area contributed by atoms with Crippen LogP contribution in [0.5, 0.6) is 5.75 Å². The summed E-state index contributed by atoms with van der Waals surface area (Å²) in [6, 6.07) is 3.57. The summed E-state index contributed by atoms with van der Waals surface area (Å²) in [6.07, 6.45) is 5.82. The van der Waals surface area contributed by atoms with Crippen LogP contribution in [-0.4, -0.2) is 12.1 Å². The van der Waals surface area contributed by atoms with Crippen molar-refractivity contribution in [2.75, 3.05) is 0 Å². The zero-order valence-corrected chi connectivity index (χ0v) is 12.7. The average molecular weight is 321 g/mol. The normalized spacial score (nSPS) is 28.4. The first-order chi connectivity index (χ1) is 9.03. The van der Waals surface area contributed by atoms with Crippen LogP contribution in [0.15, 0.2) is 12.1 Å². The maximum absolute atomic E-state index is 6.19. The smallest absolute Gasteiger partial charge is 0.139 e. The predicted molar refractivity (Wildman–Crippen MR) is 79.4 cm³/mol. The van der Waals surface area contributed by atoms with Crippen molar-refractivity contribution in [3.63, 3.8) is 0 Å². The van der Waals surface area contributed by atoms with Gasteiger partial charge in [0.2, 0.25) is 0 Å². The van der Waals surface area contributed by atoms with E-state index >= 15 is 0 Å². The lowest BCUT2D eigenvalue weighted by atomic mass is 9.61. The molecule has 0 bridgehead atoms. The van der Waals surface area contributed by atoms with E-state index in [9.17, 15) is 0 Å². The van der Waals surface area contributed by atoms with Crippen molar-refractivity contribution >= 4 is 34.8 Å². The molecule has 0 heterocycles. The molecule has 2 atom stereocenters. The van der Waals surface area contributed by atoms with E-state index in [0.717, 1.165) is 19.3 Å². The summed E-state index contributed by atoms with van der Waals surface area (Å²) in [5.74, 6) is 0.610. The molecule has 0 saturated heterocycles. The van der Waals surface area contributed by atoms with Crippen molar-refractivity contribution in [2.45, 2.75) is 44.2 Å². The maximum Gasteiger partial charge on any atom is 0.139 e. The number of halogens is 3. The van der Waals surface area contributed by atoms with E-state index in [1.54, 1.807) is 12.1 Å². The van der Waals surface area contributed by atoms with E-state index in [0.29, 0.717) is 20.8 Å². The van der Waals surface area contributed by atoms with Crippen molar-refractivity contribution in [3.05, 3.63) is 27.2 Å². The monoisotopic (exact) mass is 319 g/mol. The van der Waals surface area contributed by atoms with Crippen molar-refractivity contribution in [2.24, 2.45) is 11.1 Å². The SMILES string of the molecule is NC1CC(Oc2cc(Cl)c(Cl)cc2Cl)C12CCCC2. The van der Waals surface area contributed by atoms with Gasteiger partial charge >= 0.3 is 0 Å². The number of benzene rings is 1. The third kappa shape index (κ3) is 2.23. The zero-order chi connectivity index (χ0) is 13.6. The second kappa shape index (κ2) is 5.00. The summed E-state index contributed by atoms with van der Waals surface area (Å²) in [6.45, 7) is 0. The van der Waals surface area contributed by atoms with Crippen LogP contribution in [0.1, 0.15) is 32.1 Å². The van der Waals surface area contributed by atoms with Gasteiger partial charge in [-0.3, -0.25) is 0 Å². The third-order valence-corrected chi connectivity index (χ3v) is 5.64. The fourth-order valence-corrected chi connectivity index (χ4v) is 4.00. The Balaban J connectivity index is 1.81. The summed E-state index contributed by atoms with van der Waals surface area (Å²) in [4.78, 5) is 0. The molecule has 5 heteroatoms. The van der Waals surface area contributed by atoms with Gasteiger partial charge < -0.3 is 10.5 Å². The molecule has 0 aromatic heterocycles. The number of nitrogens with two attached hydrogens (primary N) is 1. The standard InChI is InChI=1S/C14H16Cl3NO/c15-8-5-10(17)11(6-9(8)16)19-13-7-12(18)14(13)3-1-2-4-14/h5-6,12-13H,1-4,7,18H2. The Morgan fingerprint density at radius 1 is 1.05 bits per heavy atom. The van der Waals surface area contributed by atoms with Crippen molar-refractivity contribution < 1.29 is 4.74 Å². The van der Waals surface area contributed by atoms with Crippen LogP contribution in [0.4, 0.5) is 0 Å². The van der Waals surface area contributed by atoms with Gasteiger partial charge in [-0.15, -0.1) is 0 Å². The Hall–Kier alpha value is -0.150. The molecule has 19 heavy (non-hydrogen) atoms. The van der Waals surface area contributed by atoms with E-state index in [2.05, 4.69) is 0 Å². The largest absolute Gasteiger partial charge is 0.488 e. The highest BCUT2D eigenvalue weighted by Crippen LogP contribution is 2.54. The van der Waals surface area contributed by atoms with Crippen LogP contribution in [0.2, 0.25) is 15.1 Å². The molecule has 2 unspecified atom stereocenters. The molecule has 104 valence electrons. The van der Waals surface area contributed by atoms with Crippen LogP contribution < -0.4 is 10.5 Å². The Morgan fingerprint density at radius 2 is 1.68 bits per heavy atom. The van der Waals surface area contributed by atoms with E-state index in [1.165, 1.54) is 12.8 Å². The van der Waals surface area contributed by atoms with Crippen LogP contribution in [0.3, 0.4) is 0 Å². The first-order valence-electron chi connectivity index (χ1n) is 6.60. The summed E-state index contributed by atoms with van der Waals surface area (Å²) in [7, 11) is 0. The van der Waals surface area contributed by atoms with Crippen LogP contribution in [-0.2, 0) is 0 Å². The summed E-state index contributed by atoms with van der Waals surface area (Å²) in [5, 5.41) is 1.41. The number of rotatable bonds is 2. The molecule has 1 spiro atoms. The van der Waals surface area contributed by atoms with Gasteiger partial charge in [-0.1, -0.05) is 47.6 Å². The van der Waals surface area contributed by atoms with Gasteiger partial charge in [0.25, 0.3) is 0 Å². The first kappa shape index (κ1) is 13.8. The predicted octanol–water partition coefficient (Wildman–Crippen LogP) is 4.69. The molecule has 1 aromatic rings. The number of hydrogen-bond acceptors (Lipinski definition) is 2. The molecule has 2 saturated carbocycles. The number of ether oxygens (including phenoxy) is 1. The Bertz CT molecular complexity index is 500. The second-order valence-electron chi connectivity index (χ2n) is 5.59. The Morgan fingerprint density at radius 3 is 2.32 bits per heavy atom. The summed E-state index contributed by atoms with van der Waals surface area (Å²) < 4.78 is 6.07. The van der Waals surface area contributed by atoms with E-state index in [1.807, 2.05) is 0 Å². The average Bonchev–Trinajstić information content (AvgIpc) is 2.87. The van der Waals surface area contributed by atoms with Crippen LogP contribution in [0.25, 0.3) is 0 Å². The Labute approximate surface area is 128 Å². The minimum absolute atomic E-state index is 0.148. The Kier molecular flexibility index (Phi) is 3.63. The second-order valence-corrected chi connectivity index (χ2v) is 6.81. The van der Waals surface area contributed by atoms with Crippen molar-refractivity contribution in [1.29, 1.82) is 0 Å². The molecule has 2 aliphatic rings. The third-order valence-electron chi connectivity index (χ3n) is 4.63.